The summed E-state index contributed by atoms with van der Waals surface area (Å²) in [6, 6.07) is 6.87. The van der Waals surface area contributed by atoms with Crippen molar-refractivity contribution in [2.75, 3.05) is 13.6 Å². The molecule has 5 rings (SSSR count). The summed E-state index contributed by atoms with van der Waals surface area (Å²) >= 11 is 1.66. The lowest BCUT2D eigenvalue weighted by atomic mass is 9.92. The number of carbonyl (C=O) groups excluding carboxylic acids is 1. The molecule has 3 heterocycles. The topological polar surface area (TPSA) is 73.9 Å². The van der Waals surface area contributed by atoms with E-state index in [9.17, 15) is 4.79 Å². The molecule has 0 radical (unpaired) electrons. The Balaban J connectivity index is 1.34. The smallest absolute Gasteiger partial charge is 0.272 e. The van der Waals surface area contributed by atoms with Crippen LogP contribution < -0.4 is 5.32 Å². The number of fused-ring (bicyclic) bond motifs is 2. The van der Waals surface area contributed by atoms with Crippen LogP contribution in [0.5, 0.6) is 0 Å². The molecule has 1 aliphatic carbocycles. The van der Waals surface area contributed by atoms with Crippen molar-refractivity contribution < 1.29 is 4.79 Å². The molecule has 0 bridgehead atoms. The average molecular weight is 396 g/mol. The summed E-state index contributed by atoms with van der Waals surface area (Å²) < 4.78 is 0. The molecule has 3 aromatic rings. The molecule has 1 saturated heterocycles. The van der Waals surface area contributed by atoms with E-state index in [-0.39, 0.29) is 11.9 Å². The number of rotatable bonds is 3. The Morgan fingerprint density at radius 3 is 3.04 bits per heavy atom. The summed E-state index contributed by atoms with van der Waals surface area (Å²) in [6.07, 6.45) is 6.56. The number of carbonyl (C=O) groups is 1. The van der Waals surface area contributed by atoms with Gasteiger partial charge in [-0.25, -0.2) is 4.98 Å². The van der Waals surface area contributed by atoms with Gasteiger partial charge in [0.2, 0.25) is 0 Å². The first-order valence-electron chi connectivity index (χ1n) is 10.0. The Morgan fingerprint density at radius 2 is 2.25 bits per heavy atom. The van der Waals surface area contributed by atoms with Gasteiger partial charge in [-0.3, -0.25) is 9.89 Å². The Bertz CT molecular complexity index is 1020. The van der Waals surface area contributed by atoms with E-state index in [1.165, 1.54) is 24.3 Å². The molecule has 3 atom stereocenters. The number of H-pyrrole nitrogens is 1. The maximum absolute atomic E-state index is 12.9. The molecule has 1 aliphatic heterocycles. The van der Waals surface area contributed by atoms with Crippen LogP contribution in [0.4, 0.5) is 0 Å². The second-order valence-electron chi connectivity index (χ2n) is 8.20. The molecule has 2 fully saturated rings. The van der Waals surface area contributed by atoms with Gasteiger partial charge in [-0.15, -0.1) is 11.3 Å². The van der Waals surface area contributed by atoms with Gasteiger partial charge in [-0.2, -0.15) is 5.10 Å². The van der Waals surface area contributed by atoms with Gasteiger partial charge in [0.1, 0.15) is 5.01 Å². The summed E-state index contributed by atoms with van der Waals surface area (Å²) in [6.45, 7) is 3.22. The van der Waals surface area contributed by atoms with Crippen molar-refractivity contribution in [3.63, 3.8) is 0 Å². The highest BCUT2D eigenvalue weighted by molar-refractivity contribution is 7.14. The molecular weight excluding hydrogens is 370 g/mol. The lowest BCUT2D eigenvalue weighted by Gasteiger charge is -2.34. The van der Waals surface area contributed by atoms with Crippen LogP contribution in [0, 0.1) is 12.8 Å². The van der Waals surface area contributed by atoms with Crippen LogP contribution >= 0.6 is 11.3 Å². The van der Waals surface area contributed by atoms with E-state index in [4.69, 9.17) is 0 Å². The Morgan fingerprint density at radius 1 is 1.36 bits per heavy atom. The van der Waals surface area contributed by atoms with E-state index >= 15 is 0 Å². The number of likely N-dealkylation sites (tertiary alicyclic amines) is 1. The number of hydrogen-bond acceptors (Lipinski definition) is 5. The van der Waals surface area contributed by atoms with Gasteiger partial charge in [-0.05, 0) is 64.3 Å². The lowest BCUT2D eigenvalue weighted by molar-refractivity contribution is 0.0932. The monoisotopic (exact) mass is 395 g/mol. The summed E-state index contributed by atoms with van der Waals surface area (Å²) in [5.74, 6) is 0.639. The van der Waals surface area contributed by atoms with Crippen molar-refractivity contribution in [3.8, 4) is 10.6 Å². The zero-order chi connectivity index (χ0) is 19.3. The number of piperidine rings is 1. The summed E-state index contributed by atoms with van der Waals surface area (Å²) in [5.41, 5.74) is 2.40. The Labute approximate surface area is 168 Å². The number of nitrogens with zero attached hydrogens (tertiary/aromatic N) is 3. The third kappa shape index (κ3) is 3.12. The zero-order valence-electron chi connectivity index (χ0n) is 16.2. The second kappa shape index (κ2) is 6.97. The fourth-order valence-electron chi connectivity index (χ4n) is 4.91. The predicted molar refractivity (Wildman–Crippen MR) is 112 cm³/mol. The first kappa shape index (κ1) is 17.8. The van der Waals surface area contributed by atoms with E-state index in [0.29, 0.717) is 17.7 Å². The third-order valence-corrected chi connectivity index (χ3v) is 7.25. The van der Waals surface area contributed by atoms with Gasteiger partial charge in [0, 0.05) is 34.1 Å². The molecule has 1 amide bonds. The van der Waals surface area contributed by atoms with E-state index in [2.05, 4.69) is 39.4 Å². The summed E-state index contributed by atoms with van der Waals surface area (Å²) in [5, 5.41) is 12.4. The minimum atomic E-state index is -0.0737. The van der Waals surface area contributed by atoms with E-state index < -0.39 is 0 Å². The molecule has 146 valence electrons. The maximum atomic E-state index is 12.9. The number of aryl methyl sites for hydroxylation is 1. The number of aromatic nitrogens is 3. The van der Waals surface area contributed by atoms with E-state index in [1.807, 2.05) is 24.4 Å². The minimum Gasteiger partial charge on any atom is -0.348 e. The van der Waals surface area contributed by atoms with Crippen molar-refractivity contribution in [1.82, 2.24) is 25.4 Å². The zero-order valence-corrected chi connectivity index (χ0v) is 17.1. The van der Waals surface area contributed by atoms with Gasteiger partial charge in [-0.1, -0.05) is 6.07 Å². The number of hydrogen-bond donors (Lipinski definition) is 2. The molecule has 1 aromatic carbocycles. The molecule has 2 unspecified atom stereocenters. The van der Waals surface area contributed by atoms with Crippen LogP contribution in [0.2, 0.25) is 0 Å². The number of nitrogens with one attached hydrogen (secondary N) is 2. The van der Waals surface area contributed by atoms with Gasteiger partial charge in [0.15, 0.2) is 5.69 Å². The van der Waals surface area contributed by atoms with E-state index in [1.54, 1.807) is 11.3 Å². The largest absolute Gasteiger partial charge is 0.348 e. The normalized spacial score (nSPS) is 25.1. The molecule has 28 heavy (non-hydrogen) atoms. The molecule has 2 aromatic heterocycles. The van der Waals surface area contributed by atoms with Crippen molar-refractivity contribution >= 4 is 28.1 Å². The van der Waals surface area contributed by atoms with Crippen molar-refractivity contribution in [2.45, 2.75) is 44.7 Å². The predicted octanol–water partition coefficient (Wildman–Crippen LogP) is 3.60. The highest BCUT2D eigenvalue weighted by Gasteiger charge is 2.39. The highest BCUT2D eigenvalue weighted by atomic mass is 32.1. The first-order valence-corrected chi connectivity index (χ1v) is 10.8. The van der Waals surface area contributed by atoms with Crippen molar-refractivity contribution in [3.05, 3.63) is 35.0 Å². The van der Waals surface area contributed by atoms with Crippen LogP contribution in [-0.2, 0) is 0 Å². The standard InChI is InChI=1S/C21H25N5OS/c1-12-11-22-21(28-12)14-5-6-16-17(9-14)24-25-19(16)20(27)23-15-8-13-4-3-7-26(2)18(13)10-15/h5-6,9,11,13,15,18H,3-4,7-8,10H2,1-2H3,(H,23,27)(H,24,25)/t13?,15-,18?/m1/s1. The maximum Gasteiger partial charge on any atom is 0.272 e. The molecule has 2 N–H and O–H groups in total. The molecule has 7 heteroatoms. The van der Waals surface area contributed by atoms with E-state index in [0.717, 1.165) is 34.3 Å². The molecule has 0 spiro atoms. The fourth-order valence-corrected chi connectivity index (χ4v) is 5.67. The molecule has 1 saturated carbocycles. The van der Waals surface area contributed by atoms with Gasteiger partial charge >= 0.3 is 0 Å². The number of benzene rings is 1. The van der Waals surface area contributed by atoms with Crippen molar-refractivity contribution in [2.24, 2.45) is 5.92 Å². The van der Waals surface area contributed by atoms with Crippen molar-refractivity contribution in [1.29, 1.82) is 0 Å². The average Bonchev–Trinajstić information content (AvgIpc) is 3.39. The molecule has 6 nitrogen and oxygen atoms in total. The van der Waals surface area contributed by atoms with Gasteiger partial charge in [0.25, 0.3) is 5.91 Å². The molecular formula is C21H25N5OS. The lowest BCUT2D eigenvalue weighted by Crippen LogP contribution is -2.40. The second-order valence-corrected chi connectivity index (χ2v) is 9.44. The van der Waals surface area contributed by atoms with Crippen LogP contribution in [-0.4, -0.2) is 51.7 Å². The molecule has 2 aliphatic rings. The Hall–Kier alpha value is -2.25. The number of amides is 1. The van der Waals surface area contributed by atoms with Crippen LogP contribution in [0.25, 0.3) is 21.5 Å². The number of aromatic amines is 1. The summed E-state index contributed by atoms with van der Waals surface area (Å²) in [4.78, 5) is 21.0. The fraction of sp³-hybridized carbons (Fsp3) is 0.476. The Kier molecular flexibility index (Phi) is 4.44. The highest BCUT2D eigenvalue weighted by Crippen LogP contribution is 2.36. The third-order valence-electron chi connectivity index (χ3n) is 6.29. The van der Waals surface area contributed by atoms with Crippen LogP contribution in [0.1, 0.15) is 41.0 Å². The first-order chi connectivity index (χ1) is 13.6. The number of thiazole rings is 1. The quantitative estimate of drug-likeness (QED) is 0.711. The minimum absolute atomic E-state index is 0.0737. The SMILES string of the molecule is Cc1cnc(-c2ccc3c(C(=O)N[C@@H]4CC5CCCN(C)C5C4)n[nH]c3c2)s1. The van der Waals surface area contributed by atoms with Crippen LogP contribution in [0.15, 0.2) is 24.4 Å². The van der Waals surface area contributed by atoms with Gasteiger partial charge in [0.05, 0.1) is 5.52 Å². The van der Waals surface area contributed by atoms with Crippen LogP contribution in [0.3, 0.4) is 0 Å². The summed E-state index contributed by atoms with van der Waals surface area (Å²) in [7, 11) is 2.21. The van der Waals surface area contributed by atoms with Gasteiger partial charge < -0.3 is 10.2 Å².